The van der Waals surface area contributed by atoms with Gasteiger partial charge in [-0.05, 0) is 47.5 Å². The lowest BCUT2D eigenvalue weighted by Gasteiger charge is -2.28. The van der Waals surface area contributed by atoms with Crippen LogP contribution in [0.3, 0.4) is 0 Å². The van der Waals surface area contributed by atoms with Gasteiger partial charge >= 0.3 is 0 Å². The Balaban J connectivity index is 1.31. The summed E-state index contributed by atoms with van der Waals surface area (Å²) in [5.74, 6) is 1.41. The summed E-state index contributed by atoms with van der Waals surface area (Å²) in [6, 6.07) is 6.45. The van der Waals surface area contributed by atoms with Gasteiger partial charge in [0.1, 0.15) is 0 Å². The van der Waals surface area contributed by atoms with Crippen molar-refractivity contribution in [1.82, 2.24) is 19.5 Å². The molecule has 2 saturated heterocycles. The average molecular weight is 369 g/mol. The van der Waals surface area contributed by atoms with Crippen LogP contribution in [-0.2, 0) is 11.3 Å². The molecule has 0 spiro atoms. The van der Waals surface area contributed by atoms with Gasteiger partial charge in [0.25, 0.3) is 0 Å². The molecule has 0 aromatic carbocycles. The summed E-state index contributed by atoms with van der Waals surface area (Å²) in [5.41, 5.74) is 3.55. The van der Waals surface area contributed by atoms with Crippen LogP contribution in [0.2, 0.25) is 0 Å². The Morgan fingerprint density at radius 2 is 2.08 bits per heavy atom. The fourth-order valence-corrected chi connectivity index (χ4v) is 4.56. The summed E-state index contributed by atoms with van der Waals surface area (Å²) in [5, 5.41) is 9.20. The van der Waals surface area contributed by atoms with Crippen LogP contribution in [0.25, 0.3) is 5.65 Å². The fraction of sp³-hybridized carbons (Fsp3) is 0.474. The smallest absolute Gasteiger partial charge is 0.156 e. The third kappa shape index (κ3) is 3.22. The van der Waals surface area contributed by atoms with E-state index < -0.39 is 0 Å². The fourth-order valence-electron chi connectivity index (χ4n) is 3.90. The molecule has 26 heavy (non-hydrogen) atoms. The van der Waals surface area contributed by atoms with Gasteiger partial charge in [0.2, 0.25) is 0 Å². The molecule has 0 saturated carbocycles. The summed E-state index contributed by atoms with van der Waals surface area (Å²) in [6.45, 7) is 6.67. The van der Waals surface area contributed by atoms with E-state index in [0.717, 1.165) is 63.8 Å². The molecule has 3 aromatic heterocycles. The molecule has 2 aliphatic rings. The number of fused-ring (bicyclic) bond motifs is 1. The monoisotopic (exact) mass is 369 g/mol. The number of ether oxygens (including phenoxy) is 1. The van der Waals surface area contributed by atoms with Crippen LogP contribution in [0.1, 0.15) is 23.7 Å². The number of rotatable bonds is 4. The maximum absolute atomic E-state index is 5.45. The molecule has 0 amide bonds. The van der Waals surface area contributed by atoms with Crippen molar-refractivity contribution in [2.24, 2.45) is 0 Å². The normalized spacial score (nSPS) is 21.7. The second kappa shape index (κ2) is 6.98. The largest absolute Gasteiger partial charge is 0.378 e. The van der Waals surface area contributed by atoms with Gasteiger partial charge < -0.3 is 9.64 Å². The minimum atomic E-state index is 0.431. The van der Waals surface area contributed by atoms with E-state index in [9.17, 15) is 0 Å². The second-order valence-electron chi connectivity index (χ2n) is 7.11. The minimum absolute atomic E-state index is 0.431. The van der Waals surface area contributed by atoms with Crippen LogP contribution in [0, 0.1) is 0 Å². The zero-order valence-electron chi connectivity index (χ0n) is 14.8. The van der Waals surface area contributed by atoms with Crippen molar-refractivity contribution in [3.05, 3.63) is 46.5 Å². The molecule has 0 bridgehead atoms. The molecule has 5 heterocycles. The second-order valence-corrected chi connectivity index (χ2v) is 7.89. The SMILES string of the molecule is c1cc(CN2CC[C@H](c3nc4ccc(N5CCOCC5)cn4n3)C2)cs1. The number of hydrogen-bond acceptors (Lipinski definition) is 6. The van der Waals surface area contributed by atoms with Crippen molar-refractivity contribution in [3.63, 3.8) is 0 Å². The Hall–Kier alpha value is -1.96. The molecule has 7 heteroatoms. The first-order valence-corrected chi connectivity index (χ1v) is 10.2. The lowest BCUT2D eigenvalue weighted by Crippen LogP contribution is -2.36. The molecule has 3 aromatic rings. The highest BCUT2D eigenvalue weighted by atomic mass is 32.1. The van der Waals surface area contributed by atoms with Gasteiger partial charge in [-0.2, -0.15) is 16.4 Å². The zero-order chi connectivity index (χ0) is 17.3. The Morgan fingerprint density at radius 1 is 1.15 bits per heavy atom. The summed E-state index contributed by atoms with van der Waals surface area (Å²) < 4.78 is 7.39. The van der Waals surface area contributed by atoms with Gasteiger partial charge in [-0.1, -0.05) is 0 Å². The number of anilines is 1. The topological polar surface area (TPSA) is 45.9 Å². The summed E-state index contributed by atoms with van der Waals surface area (Å²) in [4.78, 5) is 9.66. The molecule has 2 aliphatic heterocycles. The van der Waals surface area contributed by atoms with Gasteiger partial charge in [-0.3, -0.25) is 4.90 Å². The maximum Gasteiger partial charge on any atom is 0.156 e. The van der Waals surface area contributed by atoms with E-state index in [-0.39, 0.29) is 0 Å². The highest BCUT2D eigenvalue weighted by molar-refractivity contribution is 7.07. The summed E-state index contributed by atoms with van der Waals surface area (Å²) in [7, 11) is 0. The van der Waals surface area contributed by atoms with Crippen LogP contribution in [-0.4, -0.2) is 58.9 Å². The quantitative estimate of drug-likeness (QED) is 0.707. The van der Waals surface area contributed by atoms with E-state index in [1.165, 1.54) is 11.3 Å². The molecular weight excluding hydrogens is 346 g/mol. The highest BCUT2D eigenvalue weighted by Gasteiger charge is 2.27. The number of aromatic nitrogens is 3. The van der Waals surface area contributed by atoms with Gasteiger partial charge in [-0.25, -0.2) is 9.50 Å². The number of hydrogen-bond donors (Lipinski definition) is 0. The predicted octanol–water partition coefficient (Wildman–Crippen LogP) is 2.62. The van der Waals surface area contributed by atoms with E-state index in [1.807, 2.05) is 4.52 Å². The van der Waals surface area contributed by atoms with Crippen LogP contribution < -0.4 is 4.90 Å². The van der Waals surface area contributed by atoms with E-state index in [0.29, 0.717) is 5.92 Å². The Bertz CT molecular complexity index is 871. The Labute approximate surface area is 157 Å². The standard InChI is InChI=1S/C19H23N5OS/c1-2-18-20-19(16-3-5-22(12-16)11-15-4-10-26-14-15)21-24(18)13-17(1)23-6-8-25-9-7-23/h1-2,4,10,13-14,16H,3,5-9,11-12H2/t16-/m0/s1. The van der Waals surface area contributed by atoms with Crippen LogP contribution >= 0.6 is 11.3 Å². The van der Waals surface area contributed by atoms with Crippen molar-refractivity contribution in [1.29, 1.82) is 0 Å². The van der Waals surface area contributed by atoms with E-state index in [1.54, 1.807) is 11.3 Å². The van der Waals surface area contributed by atoms with Gasteiger partial charge in [-0.15, -0.1) is 0 Å². The number of morpholine rings is 1. The Morgan fingerprint density at radius 3 is 2.92 bits per heavy atom. The van der Waals surface area contributed by atoms with Crippen molar-refractivity contribution >= 4 is 22.7 Å². The van der Waals surface area contributed by atoms with Crippen molar-refractivity contribution in [2.45, 2.75) is 18.9 Å². The molecule has 2 fully saturated rings. The third-order valence-electron chi connectivity index (χ3n) is 5.33. The zero-order valence-corrected chi connectivity index (χ0v) is 15.6. The molecule has 0 N–H and O–H groups in total. The van der Waals surface area contributed by atoms with Crippen molar-refractivity contribution in [2.75, 3.05) is 44.3 Å². The van der Waals surface area contributed by atoms with E-state index in [2.05, 4.69) is 45.0 Å². The van der Waals surface area contributed by atoms with E-state index >= 15 is 0 Å². The minimum Gasteiger partial charge on any atom is -0.378 e. The molecule has 0 radical (unpaired) electrons. The first-order chi connectivity index (χ1) is 12.8. The summed E-state index contributed by atoms with van der Waals surface area (Å²) in [6.07, 6.45) is 3.24. The van der Waals surface area contributed by atoms with Crippen molar-refractivity contribution < 1.29 is 4.74 Å². The van der Waals surface area contributed by atoms with E-state index in [4.69, 9.17) is 14.8 Å². The molecule has 136 valence electrons. The molecule has 0 aliphatic carbocycles. The number of likely N-dealkylation sites (tertiary alicyclic amines) is 1. The van der Waals surface area contributed by atoms with Gasteiger partial charge in [0.15, 0.2) is 11.5 Å². The van der Waals surface area contributed by atoms with Gasteiger partial charge in [0, 0.05) is 32.1 Å². The summed E-state index contributed by atoms with van der Waals surface area (Å²) >= 11 is 1.77. The average Bonchev–Trinajstić information content (AvgIpc) is 3.42. The lowest BCUT2D eigenvalue weighted by atomic mass is 10.1. The molecule has 5 rings (SSSR count). The molecule has 1 atom stereocenters. The highest BCUT2D eigenvalue weighted by Crippen LogP contribution is 2.27. The van der Waals surface area contributed by atoms with Crippen LogP contribution in [0.15, 0.2) is 35.2 Å². The lowest BCUT2D eigenvalue weighted by molar-refractivity contribution is 0.122. The number of nitrogens with zero attached hydrogens (tertiary/aromatic N) is 5. The van der Waals surface area contributed by atoms with Gasteiger partial charge in [0.05, 0.1) is 25.1 Å². The van der Waals surface area contributed by atoms with Crippen LogP contribution in [0.4, 0.5) is 5.69 Å². The molecule has 6 nitrogen and oxygen atoms in total. The third-order valence-corrected chi connectivity index (χ3v) is 6.06. The number of pyridine rings is 1. The first-order valence-electron chi connectivity index (χ1n) is 9.27. The predicted molar refractivity (Wildman–Crippen MR) is 103 cm³/mol. The first kappa shape index (κ1) is 16.2. The maximum atomic E-state index is 5.45. The molecular formula is C19H23N5OS. The Kier molecular flexibility index (Phi) is 4.36. The molecule has 0 unspecified atom stereocenters. The van der Waals surface area contributed by atoms with Crippen molar-refractivity contribution in [3.8, 4) is 0 Å². The van der Waals surface area contributed by atoms with Crippen LogP contribution in [0.5, 0.6) is 0 Å². The number of thiophene rings is 1.